The van der Waals surface area contributed by atoms with Gasteiger partial charge in [-0.1, -0.05) is 31.2 Å². The molecule has 2 rings (SSSR count). The Kier molecular flexibility index (Phi) is 11.2. The predicted octanol–water partition coefficient (Wildman–Crippen LogP) is 2.55. The van der Waals surface area contributed by atoms with Crippen LogP contribution in [0.25, 0.3) is 0 Å². The maximum Gasteiger partial charge on any atom is 0.191 e. The van der Waals surface area contributed by atoms with Gasteiger partial charge in [0.15, 0.2) is 5.96 Å². The SMILES string of the molecule is CCNC(=NCc1ccccc1C)NCC(C)CN1CCN(C)CC1.I. The molecule has 1 fully saturated rings. The fourth-order valence-electron chi connectivity index (χ4n) is 3.10. The number of piperazine rings is 1. The van der Waals surface area contributed by atoms with Crippen LogP contribution in [0.1, 0.15) is 25.0 Å². The van der Waals surface area contributed by atoms with Gasteiger partial charge in [-0.3, -0.25) is 0 Å². The van der Waals surface area contributed by atoms with E-state index in [4.69, 9.17) is 4.99 Å². The van der Waals surface area contributed by atoms with Crippen molar-refractivity contribution in [3.05, 3.63) is 35.4 Å². The fraction of sp³-hybridized carbons (Fsp3) is 0.650. The Balaban J connectivity index is 0.00000338. The van der Waals surface area contributed by atoms with Crippen molar-refractivity contribution >= 4 is 29.9 Å². The minimum atomic E-state index is 0. The molecule has 1 saturated heterocycles. The molecule has 0 spiro atoms. The van der Waals surface area contributed by atoms with Crippen molar-refractivity contribution in [2.75, 3.05) is 52.9 Å². The maximum absolute atomic E-state index is 4.75. The summed E-state index contributed by atoms with van der Waals surface area (Å²) in [7, 11) is 2.20. The normalized spacial score (nSPS) is 17.5. The lowest BCUT2D eigenvalue weighted by Crippen LogP contribution is -2.47. The number of hydrogen-bond donors (Lipinski definition) is 2. The maximum atomic E-state index is 4.75. The highest BCUT2D eigenvalue weighted by atomic mass is 127. The summed E-state index contributed by atoms with van der Waals surface area (Å²) in [6, 6.07) is 8.45. The van der Waals surface area contributed by atoms with Gasteiger partial charge in [-0.05, 0) is 37.9 Å². The highest BCUT2D eigenvalue weighted by molar-refractivity contribution is 14.0. The molecular formula is C20H36IN5. The van der Waals surface area contributed by atoms with E-state index in [1.54, 1.807) is 0 Å². The quantitative estimate of drug-likeness (QED) is 0.363. The Morgan fingerprint density at radius 1 is 1.15 bits per heavy atom. The summed E-state index contributed by atoms with van der Waals surface area (Å²) in [4.78, 5) is 9.72. The zero-order valence-electron chi connectivity index (χ0n) is 16.8. The fourth-order valence-corrected chi connectivity index (χ4v) is 3.10. The van der Waals surface area contributed by atoms with Crippen LogP contribution in [0.4, 0.5) is 0 Å². The molecule has 1 aliphatic heterocycles. The number of benzene rings is 1. The molecule has 0 aliphatic carbocycles. The van der Waals surface area contributed by atoms with E-state index >= 15 is 0 Å². The minimum absolute atomic E-state index is 0. The van der Waals surface area contributed by atoms with Crippen molar-refractivity contribution < 1.29 is 0 Å². The van der Waals surface area contributed by atoms with E-state index in [9.17, 15) is 0 Å². The number of hydrogen-bond acceptors (Lipinski definition) is 3. The standard InChI is InChI=1S/C20H35N5.HI/c1-5-21-20(23-15-19-9-7-6-8-18(19)3)22-14-17(2)16-25-12-10-24(4)11-13-25;/h6-9,17H,5,10-16H2,1-4H3,(H2,21,22,23);1H. The Bertz CT molecular complexity index is 541. The number of halogens is 1. The second-order valence-corrected chi connectivity index (χ2v) is 7.21. The molecule has 1 aliphatic rings. The molecule has 1 unspecified atom stereocenters. The van der Waals surface area contributed by atoms with Crippen LogP contribution in [0.3, 0.4) is 0 Å². The molecule has 1 atom stereocenters. The summed E-state index contributed by atoms with van der Waals surface area (Å²) in [5, 5.41) is 6.87. The monoisotopic (exact) mass is 473 g/mol. The number of aryl methyl sites for hydroxylation is 1. The van der Waals surface area contributed by atoms with Crippen LogP contribution in [-0.4, -0.2) is 68.6 Å². The zero-order valence-corrected chi connectivity index (χ0v) is 19.1. The molecular weight excluding hydrogens is 437 g/mol. The van der Waals surface area contributed by atoms with Crippen LogP contribution in [0.15, 0.2) is 29.3 Å². The lowest BCUT2D eigenvalue weighted by atomic mass is 10.1. The van der Waals surface area contributed by atoms with Crippen LogP contribution in [0.2, 0.25) is 0 Å². The van der Waals surface area contributed by atoms with Gasteiger partial charge in [0.2, 0.25) is 0 Å². The summed E-state index contributed by atoms with van der Waals surface area (Å²) < 4.78 is 0. The Labute approximate surface area is 176 Å². The van der Waals surface area contributed by atoms with Gasteiger partial charge in [0.1, 0.15) is 0 Å². The van der Waals surface area contributed by atoms with Gasteiger partial charge >= 0.3 is 0 Å². The molecule has 0 amide bonds. The highest BCUT2D eigenvalue weighted by Crippen LogP contribution is 2.08. The third-order valence-corrected chi connectivity index (χ3v) is 4.80. The molecule has 148 valence electrons. The van der Waals surface area contributed by atoms with Gasteiger partial charge in [-0.2, -0.15) is 0 Å². The van der Waals surface area contributed by atoms with Crippen molar-refractivity contribution in [2.45, 2.75) is 27.3 Å². The first-order chi connectivity index (χ1) is 12.1. The van der Waals surface area contributed by atoms with Crippen molar-refractivity contribution in [2.24, 2.45) is 10.9 Å². The lowest BCUT2D eigenvalue weighted by molar-refractivity contribution is 0.139. The molecule has 0 radical (unpaired) electrons. The minimum Gasteiger partial charge on any atom is -0.357 e. The number of rotatable bonds is 7. The molecule has 0 aromatic heterocycles. The van der Waals surface area contributed by atoms with E-state index < -0.39 is 0 Å². The van der Waals surface area contributed by atoms with Crippen molar-refractivity contribution in [1.82, 2.24) is 20.4 Å². The molecule has 1 aromatic carbocycles. The molecule has 1 heterocycles. The van der Waals surface area contributed by atoms with Gasteiger partial charge in [-0.25, -0.2) is 4.99 Å². The molecule has 5 nitrogen and oxygen atoms in total. The second kappa shape index (κ2) is 12.5. The van der Waals surface area contributed by atoms with Crippen molar-refractivity contribution in [3.63, 3.8) is 0 Å². The third-order valence-electron chi connectivity index (χ3n) is 4.80. The van der Waals surface area contributed by atoms with Crippen LogP contribution in [0, 0.1) is 12.8 Å². The van der Waals surface area contributed by atoms with Crippen molar-refractivity contribution in [3.8, 4) is 0 Å². The number of nitrogens with zero attached hydrogens (tertiary/aromatic N) is 3. The van der Waals surface area contributed by atoms with E-state index in [1.165, 1.54) is 37.3 Å². The summed E-state index contributed by atoms with van der Waals surface area (Å²) in [5.41, 5.74) is 2.58. The molecule has 1 aromatic rings. The van der Waals surface area contributed by atoms with Gasteiger partial charge in [-0.15, -0.1) is 24.0 Å². The Morgan fingerprint density at radius 2 is 1.85 bits per heavy atom. The molecule has 0 saturated carbocycles. The summed E-state index contributed by atoms with van der Waals surface area (Å²) in [6.45, 7) is 15.0. The zero-order chi connectivity index (χ0) is 18.1. The molecule has 2 N–H and O–H groups in total. The average Bonchev–Trinajstić information content (AvgIpc) is 2.60. The van der Waals surface area contributed by atoms with Gasteiger partial charge in [0, 0.05) is 45.8 Å². The molecule has 0 bridgehead atoms. The van der Waals surface area contributed by atoms with E-state index in [2.05, 4.69) is 72.5 Å². The van der Waals surface area contributed by atoms with Gasteiger partial charge in [0.05, 0.1) is 6.54 Å². The first kappa shape index (κ1) is 23.2. The van der Waals surface area contributed by atoms with Gasteiger partial charge < -0.3 is 20.4 Å². The Hall–Kier alpha value is -0.860. The van der Waals surface area contributed by atoms with E-state index in [-0.39, 0.29) is 24.0 Å². The lowest BCUT2D eigenvalue weighted by Gasteiger charge is -2.34. The highest BCUT2D eigenvalue weighted by Gasteiger charge is 2.16. The first-order valence-corrected chi connectivity index (χ1v) is 9.56. The van der Waals surface area contributed by atoms with E-state index in [0.29, 0.717) is 5.92 Å². The molecule has 26 heavy (non-hydrogen) atoms. The molecule has 6 heteroatoms. The summed E-state index contributed by atoms with van der Waals surface area (Å²) in [5.74, 6) is 1.52. The van der Waals surface area contributed by atoms with Gasteiger partial charge in [0.25, 0.3) is 0 Å². The van der Waals surface area contributed by atoms with Crippen LogP contribution >= 0.6 is 24.0 Å². The number of likely N-dealkylation sites (N-methyl/N-ethyl adjacent to an activating group) is 1. The van der Waals surface area contributed by atoms with E-state index in [0.717, 1.165) is 32.1 Å². The topological polar surface area (TPSA) is 42.9 Å². The van der Waals surface area contributed by atoms with Crippen LogP contribution in [0.5, 0.6) is 0 Å². The third kappa shape index (κ3) is 8.22. The van der Waals surface area contributed by atoms with Crippen LogP contribution in [-0.2, 0) is 6.54 Å². The number of guanidine groups is 1. The first-order valence-electron chi connectivity index (χ1n) is 9.56. The smallest absolute Gasteiger partial charge is 0.191 e. The van der Waals surface area contributed by atoms with Crippen molar-refractivity contribution in [1.29, 1.82) is 0 Å². The predicted molar refractivity (Wildman–Crippen MR) is 123 cm³/mol. The summed E-state index contributed by atoms with van der Waals surface area (Å²) >= 11 is 0. The van der Waals surface area contributed by atoms with Crippen LogP contribution < -0.4 is 10.6 Å². The summed E-state index contributed by atoms with van der Waals surface area (Å²) in [6.07, 6.45) is 0. The largest absolute Gasteiger partial charge is 0.357 e. The number of nitrogens with one attached hydrogen (secondary N) is 2. The second-order valence-electron chi connectivity index (χ2n) is 7.21. The van der Waals surface area contributed by atoms with E-state index in [1.807, 2.05) is 0 Å². The number of aliphatic imine (C=N–C) groups is 1. The average molecular weight is 473 g/mol. The Morgan fingerprint density at radius 3 is 2.50 bits per heavy atom.